The van der Waals surface area contributed by atoms with Gasteiger partial charge in [0, 0.05) is 22.9 Å². The lowest BCUT2D eigenvalue weighted by atomic mass is 9.96. The molecule has 1 aromatic carbocycles. The molecule has 1 atom stereocenters. The number of carbonyl (C=O) groups excluding carboxylic acids is 1. The predicted molar refractivity (Wildman–Crippen MR) is 97.5 cm³/mol. The number of aryl methyl sites for hydroxylation is 1. The van der Waals surface area contributed by atoms with Gasteiger partial charge in [-0.1, -0.05) is 15.9 Å². The number of nitrogens with zero attached hydrogens (tertiary/aromatic N) is 1. The summed E-state index contributed by atoms with van der Waals surface area (Å²) in [6.07, 6.45) is 2.06. The third-order valence-corrected chi connectivity index (χ3v) is 5.13. The first-order valence-corrected chi connectivity index (χ1v) is 8.97. The maximum atomic E-state index is 13.0. The van der Waals surface area contributed by atoms with Gasteiger partial charge in [-0.2, -0.15) is 0 Å². The van der Waals surface area contributed by atoms with E-state index in [1.54, 1.807) is 11.0 Å². The van der Waals surface area contributed by atoms with Gasteiger partial charge >= 0.3 is 5.63 Å². The normalized spacial score (nSPS) is 18.1. The van der Waals surface area contributed by atoms with Crippen molar-refractivity contribution in [2.24, 2.45) is 5.92 Å². The summed E-state index contributed by atoms with van der Waals surface area (Å²) in [5.41, 5.74) is 0.793. The van der Waals surface area contributed by atoms with Crippen LogP contribution in [0.2, 0.25) is 0 Å². The van der Waals surface area contributed by atoms with E-state index < -0.39 is 5.63 Å². The van der Waals surface area contributed by atoms with Crippen LogP contribution < -0.4 is 10.9 Å². The van der Waals surface area contributed by atoms with Crippen LogP contribution in [0.15, 0.2) is 31.9 Å². The van der Waals surface area contributed by atoms with Crippen LogP contribution in [0.25, 0.3) is 11.0 Å². The van der Waals surface area contributed by atoms with Crippen molar-refractivity contribution in [1.29, 1.82) is 0 Å². The van der Waals surface area contributed by atoms with Crippen molar-refractivity contribution in [3.63, 3.8) is 0 Å². The molecule has 3 rings (SSSR count). The van der Waals surface area contributed by atoms with Gasteiger partial charge in [0.1, 0.15) is 11.1 Å². The minimum Gasteiger partial charge on any atom is -0.422 e. The van der Waals surface area contributed by atoms with Crippen LogP contribution >= 0.6 is 15.9 Å². The maximum Gasteiger partial charge on any atom is 0.349 e. The Balaban J connectivity index is 1.99. The fourth-order valence-electron chi connectivity index (χ4n) is 3.43. The van der Waals surface area contributed by atoms with Gasteiger partial charge < -0.3 is 14.6 Å². The quantitative estimate of drug-likeness (QED) is 0.815. The molecule has 0 saturated carbocycles. The number of fused-ring (bicyclic) bond motifs is 1. The van der Waals surface area contributed by atoms with Crippen LogP contribution in [0.1, 0.15) is 28.8 Å². The minimum atomic E-state index is -0.553. The molecule has 1 amide bonds. The fourth-order valence-corrected chi connectivity index (χ4v) is 3.79. The molecule has 0 bridgehead atoms. The van der Waals surface area contributed by atoms with Crippen molar-refractivity contribution in [3.05, 3.63) is 44.2 Å². The first-order chi connectivity index (χ1) is 11.5. The number of hydrogen-bond acceptors (Lipinski definition) is 4. The first-order valence-electron chi connectivity index (χ1n) is 8.18. The van der Waals surface area contributed by atoms with E-state index in [1.165, 1.54) is 0 Å². The van der Waals surface area contributed by atoms with Crippen molar-refractivity contribution < 1.29 is 9.21 Å². The summed E-state index contributed by atoms with van der Waals surface area (Å²) in [7, 11) is 1.92. The Kier molecular flexibility index (Phi) is 5.06. The number of hydrogen-bond donors (Lipinski definition) is 1. The zero-order valence-corrected chi connectivity index (χ0v) is 15.5. The molecule has 2 heterocycles. The molecule has 2 aromatic rings. The topological polar surface area (TPSA) is 62.6 Å². The molecule has 1 fully saturated rings. The van der Waals surface area contributed by atoms with Gasteiger partial charge in [-0.3, -0.25) is 4.79 Å². The number of likely N-dealkylation sites (tertiary alicyclic amines) is 1. The van der Waals surface area contributed by atoms with Crippen molar-refractivity contribution in [2.45, 2.75) is 19.8 Å². The number of nitrogens with one attached hydrogen (secondary N) is 1. The summed E-state index contributed by atoms with van der Waals surface area (Å²) in [5.74, 6) is 0.207. The zero-order chi connectivity index (χ0) is 17.3. The molecule has 0 radical (unpaired) electrons. The number of carbonyl (C=O) groups is 1. The van der Waals surface area contributed by atoms with E-state index in [0.29, 0.717) is 30.2 Å². The highest BCUT2D eigenvalue weighted by molar-refractivity contribution is 9.10. The molecule has 1 saturated heterocycles. The number of benzene rings is 1. The summed E-state index contributed by atoms with van der Waals surface area (Å²) < 4.78 is 6.27. The lowest BCUT2D eigenvalue weighted by Crippen LogP contribution is -2.44. The van der Waals surface area contributed by atoms with E-state index in [0.717, 1.165) is 29.2 Å². The molecule has 128 valence electrons. The number of amides is 1. The second-order valence-electron chi connectivity index (χ2n) is 6.35. The van der Waals surface area contributed by atoms with E-state index in [4.69, 9.17) is 4.42 Å². The Bertz CT molecular complexity index is 829. The smallest absolute Gasteiger partial charge is 0.349 e. The Morgan fingerprint density at radius 2 is 2.25 bits per heavy atom. The van der Waals surface area contributed by atoms with E-state index >= 15 is 0 Å². The zero-order valence-electron chi connectivity index (χ0n) is 13.9. The van der Waals surface area contributed by atoms with Gasteiger partial charge in [-0.05, 0) is 63.0 Å². The first kappa shape index (κ1) is 17.2. The lowest BCUT2D eigenvalue weighted by molar-refractivity contribution is 0.0669. The second kappa shape index (κ2) is 7.07. The molecule has 1 aromatic heterocycles. The predicted octanol–water partition coefficient (Wildman–Crippen LogP) is 2.94. The van der Waals surface area contributed by atoms with Crippen LogP contribution in [0.4, 0.5) is 0 Å². The molecule has 1 N–H and O–H groups in total. The molecule has 0 spiro atoms. The molecule has 5 nitrogen and oxygen atoms in total. The Morgan fingerprint density at radius 1 is 1.46 bits per heavy atom. The highest BCUT2D eigenvalue weighted by atomic mass is 79.9. The van der Waals surface area contributed by atoms with Crippen LogP contribution in [-0.4, -0.2) is 37.5 Å². The molecule has 6 heteroatoms. The standard InChI is InChI=1S/C18H21BrN2O3/c1-11-14-8-13(19)5-6-15(14)24-18(23)16(11)17(22)21-7-3-4-12(10-21)9-20-2/h5-6,8,12,20H,3-4,7,9-10H2,1-2H3. The number of piperidine rings is 1. The van der Waals surface area contributed by atoms with Gasteiger partial charge in [0.2, 0.25) is 0 Å². The third kappa shape index (κ3) is 3.26. The van der Waals surface area contributed by atoms with Crippen LogP contribution in [0.5, 0.6) is 0 Å². The summed E-state index contributed by atoms with van der Waals surface area (Å²) in [6.45, 7) is 4.06. The molecule has 1 aliphatic heterocycles. The second-order valence-corrected chi connectivity index (χ2v) is 7.26. The Hall–Kier alpha value is -1.66. The van der Waals surface area contributed by atoms with E-state index in [2.05, 4.69) is 21.2 Å². The van der Waals surface area contributed by atoms with Gasteiger partial charge in [0.15, 0.2) is 0 Å². The molecule has 0 aliphatic carbocycles. The Labute approximate surface area is 149 Å². The van der Waals surface area contributed by atoms with Gasteiger partial charge in [-0.25, -0.2) is 4.79 Å². The average molecular weight is 393 g/mol. The maximum absolute atomic E-state index is 13.0. The van der Waals surface area contributed by atoms with Gasteiger partial charge in [-0.15, -0.1) is 0 Å². The van der Waals surface area contributed by atoms with E-state index in [-0.39, 0.29) is 11.5 Å². The van der Waals surface area contributed by atoms with Crippen LogP contribution in [0.3, 0.4) is 0 Å². The number of halogens is 1. The average Bonchev–Trinajstić information content (AvgIpc) is 2.56. The summed E-state index contributed by atoms with van der Waals surface area (Å²) >= 11 is 3.43. The highest BCUT2D eigenvalue weighted by Crippen LogP contribution is 2.25. The largest absolute Gasteiger partial charge is 0.422 e. The summed E-state index contributed by atoms with van der Waals surface area (Å²) in [4.78, 5) is 27.1. The molecule has 24 heavy (non-hydrogen) atoms. The molecule has 1 unspecified atom stereocenters. The minimum absolute atomic E-state index is 0.158. The highest BCUT2D eigenvalue weighted by Gasteiger charge is 2.28. The molecular weight excluding hydrogens is 372 g/mol. The molecule has 1 aliphatic rings. The van der Waals surface area contributed by atoms with Crippen LogP contribution in [-0.2, 0) is 0 Å². The Morgan fingerprint density at radius 3 is 3.00 bits per heavy atom. The number of rotatable bonds is 3. The monoisotopic (exact) mass is 392 g/mol. The van der Waals surface area contributed by atoms with Crippen molar-refractivity contribution in [1.82, 2.24) is 10.2 Å². The molecular formula is C18H21BrN2O3. The van der Waals surface area contributed by atoms with Crippen molar-refractivity contribution in [3.8, 4) is 0 Å². The third-order valence-electron chi connectivity index (χ3n) is 4.64. The summed E-state index contributed by atoms with van der Waals surface area (Å²) in [5, 5.41) is 3.95. The van der Waals surface area contributed by atoms with E-state index in [9.17, 15) is 9.59 Å². The lowest BCUT2D eigenvalue weighted by Gasteiger charge is -2.32. The van der Waals surface area contributed by atoms with E-state index in [1.807, 2.05) is 26.1 Å². The fraction of sp³-hybridized carbons (Fsp3) is 0.444. The van der Waals surface area contributed by atoms with Crippen molar-refractivity contribution in [2.75, 3.05) is 26.7 Å². The van der Waals surface area contributed by atoms with Gasteiger partial charge in [0.05, 0.1) is 0 Å². The van der Waals surface area contributed by atoms with Crippen molar-refractivity contribution >= 4 is 32.8 Å². The van der Waals surface area contributed by atoms with Gasteiger partial charge in [0.25, 0.3) is 5.91 Å². The van der Waals surface area contributed by atoms with Crippen LogP contribution in [0, 0.1) is 12.8 Å². The summed E-state index contributed by atoms with van der Waals surface area (Å²) in [6, 6.07) is 5.44. The SMILES string of the molecule is CNCC1CCCN(C(=O)c2c(C)c3cc(Br)ccc3oc2=O)C1.